The van der Waals surface area contributed by atoms with Gasteiger partial charge in [-0.2, -0.15) is 4.65 Å². The van der Waals surface area contributed by atoms with Crippen LogP contribution >= 0.6 is 0 Å². The van der Waals surface area contributed by atoms with E-state index in [1.165, 1.54) is 96.3 Å². The zero-order chi connectivity index (χ0) is 18.1. The van der Waals surface area contributed by atoms with E-state index < -0.39 is 0 Å². The lowest BCUT2D eigenvalue weighted by molar-refractivity contribution is -1.09. The first-order valence-electron chi connectivity index (χ1n) is 11.1. The quantitative estimate of drug-likeness (QED) is 0.212. The molecule has 0 aliphatic heterocycles. The van der Waals surface area contributed by atoms with Crippen molar-refractivity contribution in [3.63, 3.8) is 0 Å². The number of hydrogen-bond acceptors (Lipinski definition) is 1. The molecule has 0 aromatic carbocycles. The second kappa shape index (κ2) is 19.0. The Hall–Kier alpha value is 0.210. The largest absolute Gasteiger partial charge is 1.00 e. The maximum absolute atomic E-state index is 10.0. The SMILES string of the molecule is CCCCCCCCCCCCCCCCCC(CC)[N+](C)(C)O.[Cl-]. The molecule has 0 saturated heterocycles. The van der Waals surface area contributed by atoms with Crippen molar-refractivity contribution in [3.8, 4) is 0 Å². The highest BCUT2D eigenvalue weighted by molar-refractivity contribution is 4.55. The molecule has 154 valence electrons. The summed E-state index contributed by atoms with van der Waals surface area (Å²) in [5.41, 5.74) is 0. The van der Waals surface area contributed by atoms with Crippen molar-refractivity contribution in [3.05, 3.63) is 0 Å². The fourth-order valence-electron chi connectivity index (χ4n) is 3.72. The molecule has 0 aliphatic carbocycles. The predicted molar refractivity (Wildman–Crippen MR) is 108 cm³/mol. The number of hydroxylamine groups is 3. The molecule has 2 nitrogen and oxygen atoms in total. The first kappa shape index (κ1) is 27.4. The van der Waals surface area contributed by atoms with Gasteiger partial charge in [0.25, 0.3) is 0 Å². The fourth-order valence-corrected chi connectivity index (χ4v) is 3.72. The Balaban J connectivity index is 0. The van der Waals surface area contributed by atoms with Crippen molar-refractivity contribution in [2.24, 2.45) is 0 Å². The summed E-state index contributed by atoms with van der Waals surface area (Å²) in [6, 6.07) is 0.409. The molecule has 0 saturated carbocycles. The first-order valence-corrected chi connectivity index (χ1v) is 11.1. The summed E-state index contributed by atoms with van der Waals surface area (Å²) in [5.74, 6) is 0. The number of quaternary nitrogens is 1. The monoisotopic (exact) mass is 377 g/mol. The van der Waals surface area contributed by atoms with Gasteiger partial charge in [-0.1, -0.05) is 104 Å². The number of halogens is 1. The number of unbranched alkanes of at least 4 members (excludes halogenated alkanes) is 14. The standard InChI is InChI=1S/C22H48NO.ClH/c1-5-7-8-9-10-11-12-13-14-15-16-17-18-19-20-21-22(6-2)23(3,4)24;/h22,24H,5-21H2,1-4H3;1H/q+1;/p-1. The number of rotatable bonds is 18. The number of nitrogens with zero attached hydrogens (tertiary/aromatic N) is 1. The summed E-state index contributed by atoms with van der Waals surface area (Å²) >= 11 is 0. The molecule has 0 radical (unpaired) electrons. The highest BCUT2D eigenvalue weighted by Gasteiger charge is 2.23. The molecule has 0 fully saturated rings. The Morgan fingerprint density at radius 3 is 1.20 bits per heavy atom. The fraction of sp³-hybridized carbons (Fsp3) is 1.00. The van der Waals surface area contributed by atoms with Crippen LogP contribution in [0.15, 0.2) is 0 Å². The Morgan fingerprint density at radius 2 is 0.920 bits per heavy atom. The van der Waals surface area contributed by atoms with Gasteiger partial charge >= 0.3 is 0 Å². The zero-order valence-corrected chi connectivity index (χ0v) is 18.6. The molecule has 1 N–H and O–H groups in total. The van der Waals surface area contributed by atoms with Crippen molar-refractivity contribution in [1.82, 2.24) is 0 Å². The molecule has 1 atom stereocenters. The van der Waals surface area contributed by atoms with Crippen molar-refractivity contribution in [2.45, 2.75) is 129 Å². The molecule has 0 heterocycles. The molecule has 0 aliphatic rings. The van der Waals surface area contributed by atoms with Gasteiger partial charge in [0.05, 0.1) is 14.1 Å². The van der Waals surface area contributed by atoms with E-state index >= 15 is 0 Å². The third kappa shape index (κ3) is 18.8. The van der Waals surface area contributed by atoms with Gasteiger partial charge in [-0.15, -0.1) is 0 Å². The third-order valence-electron chi connectivity index (χ3n) is 5.51. The normalized spacial score (nSPS) is 12.8. The van der Waals surface area contributed by atoms with Crippen LogP contribution in [0.5, 0.6) is 0 Å². The first-order chi connectivity index (χ1) is 11.5. The Labute approximate surface area is 165 Å². The minimum absolute atomic E-state index is 0. The van der Waals surface area contributed by atoms with E-state index in [2.05, 4.69) is 13.8 Å². The van der Waals surface area contributed by atoms with Crippen molar-refractivity contribution >= 4 is 0 Å². The average molecular weight is 378 g/mol. The summed E-state index contributed by atoms with van der Waals surface area (Å²) in [7, 11) is 3.80. The van der Waals surface area contributed by atoms with Crippen LogP contribution in [0.2, 0.25) is 0 Å². The summed E-state index contributed by atoms with van der Waals surface area (Å²) < 4.78 is 0.134. The van der Waals surface area contributed by atoms with Crippen LogP contribution in [0.4, 0.5) is 0 Å². The van der Waals surface area contributed by atoms with Gasteiger partial charge in [0.2, 0.25) is 0 Å². The molecule has 1 unspecified atom stereocenters. The van der Waals surface area contributed by atoms with E-state index in [1.807, 2.05) is 14.1 Å². The van der Waals surface area contributed by atoms with Crippen LogP contribution in [0.25, 0.3) is 0 Å². The Morgan fingerprint density at radius 1 is 0.600 bits per heavy atom. The molecule has 0 amide bonds. The van der Waals surface area contributed by atoms with E-state index in [0.717, 1.165) is 12.8 Å². The van der Waals surface area contributed by atoms with E-state index in [-0.39, 0.29) is 17.1 Å². The van der Waals surface area contributed by atoms with Gasteiger partial charge in [-0.25, -0.2) is 5.21 Å². The van der Waals surface area contributed by atoms with Crippen LogP contribution in [0.1, 0.15) is 123 Å². The van der Waals surface area contributed by atoms with Crippen molar-refractivity contribution in [1.29, 1.82) is 0 Å². The summed E-state index contributed by atoms with van der Waals surface area (Å²) in [6.07, 6.45) is 23.5. The van der Waals surface area contributed by atoms with Gasteiger partial charge in [0.15, 0.2) is 0 Å². The maximum Gasteiger partial charge on any atom is 0.118 e. The van der Waals surface area contributed by atoms with Crippen molar-refractivity contribution < 1.29 is 22.3 Å². The second-order valence-corrected chi connectivity index (χ2v) is 8.28. The van der Waals surface area contributed by atoms with Crippen LogP contribution in [0.3, 0.4) is 0 Å². The van der Waals surface area contributed by atoms with Gasteiger partial charge in [-0.3, -0.25) is 0 Å². The van der Waals surface area contributed by atoms with Gasteiger partial charge < -0.3 is 12.4 Å². The minimum atomic E-state index is 0. The van der Waals surface area contributed by atoms with Crippen LogP contribution in [-0.2, 0) is 0 Å². The lowest BCUT2D eigenvalue weighted by Crippen LogP contribution is -3.00. The molecule has 0 bridgehead atoms. The molecule has 0 rings (SSSR count). The molecule has 25 heavy (non-hydrogen) atoms. The lowest BCUT2D eigenvalue weighted by atomic mass is 10.0. The number of hydrogen-bond donors (Lipinski definition) is 1. The van der Waals surface area contributed by atoms with E-state index in [9.17, 15) is 5.21 Å². The van der Waals surface area contributed by atoms with E-state index in [1.54, 1.807) is 0 Å². The zero-order valence-electron chi connectivity index (χ0n) is 17.9. The third-order valence-corrected chi connectivity index (χ3v) is 5.51. The highest BCUT2D eigenvalue weighted by atomic mass is 35.5. The average Bonchev–Trinajstić information content (AvgIpc) is 2.53. The topological polar surface area (TPSA) is 20.2 Å². The molecular formula is C22H48ClNO. The maximum atomic E-state index is 10.0. The molecule has 0 spiro atoms. The summed E-state index contributed by atoms with van der Waals surface area (Å²) in [6.45, 7) is 4.48. The van der Waals surface area contributed by atoms with Gasteiger partial charge in [0, 0.05) is 6.42 Å². The molecular weight excluding hydrogens is 330 g/mol. The minimum Gasteiger partial charge on any atom is -1.00 e. The smallest absolute Gasteiger partial charge is 0.118 e. The van der Waals surface area contributed by atoms with Crippen LogP contribution in [-0.4, -0.2) is 30.0 Å². The second-order valence-electron chi connectivity index (χ2n) is 8.28. The van der Waals surface area contributed by atoms with Crippen LogP contribution < -0.4 is 12.4 Å². The van der Waals surface area contributed by atoms with Gasteiger partial charge in [0.1, 0.15) is 6.04 Å². The molecule has 3 heteroatoms. The van der Waals surface area contributed by atoms with E-state index in [4.69, 9.17) is 0 Å². The lowest BCUT2D eigenvalue weighted by Gasteiger charge is -2.29. The van der Waals surface area contributed by atoms with E-state index in [0.29, 0.717) is 6.04 Å². The van der Waals surface area contributed by atoms with Crippen LogP contribution in [0, 0.1) is 0 Å². The Bertz CT molecular complexity index is 253. The highest BCUT2D eigenvalue weighted by Crippen LogP contribution is 2.17. The molecule has 0 aromatic rings. The summed E-state index contributed by atoms with van der Waals surface area (Å²) in [4.78, 5) is 0. The van der Waals surface area contributed by atoms with Crippen molar-refractivity contribution in [2.75, 3.05) is 14.1 Å². The predicted octanol–water partition coefficient (Wildman–Crippen LogP) is 4.50. The molecule has 0 aromatic heterocycles. The van der Waals surface area contributed by atoms with Gasteiger partial charge in [-0.05, 0) is 12.8 Å². The Kier molecular flexibility index (Phi) is 20.8. The summed E-state index contributed by atoms with van der Waals surface area (Å²) in [5, 5.41) is 10.0.